The normalized spacial score (nSPS) is 15.7. The van der Waals surface area contributed by atoms with Crippen LogP contribution >= 0.6 is 11.3 Å². The van der Waals surface area contributed by atoms with Gasteiger partial charge in [0.25, 0.3) is 0 Å². The van der Waals surface area contributed by atoms with Gasteiger partial charge in [0.15, 0.2) is 5.78 Å². The summed E-state index contributed by atoms with van der Waals surface area (Å²) < 4.78 is 1.10. The zero-order valence-electron chi connectivity index (χ0n) is 26.9. The number of carbonyl (C=O) groups is 3. The minimum atomic E-state index is -0.625. The Kier molecular flexibility index (Phi) is 14.1. The van der Waals surface area contributed by atoms with Gasteiger partial charge in [0.1, 0.15) is 0 Å². The predicted octanol–water partition coefficient (Wildman–Crippen LogP) is 6.58. The lowest BCUT2D eigenvalue weighted by Gasteiger charge is -2.25. The van der Waals surface area contributed by atoms with Crippen LogP contribution in [0.4, 0.5) is 0 Å². The van der Waals surface area contributed by atoms with Crippen LogP contribution < -0.4 is 10.6 Å². The number of Topliss-reactive ketones (excluding diaryl/α,β-unsaturated/α-hetero) is 1. The van der Waals surface area contributed by atoms with Crippen LogP contribution in [-0.2, 0) is 20.8 Å². The lowest BCUT2D eigenvalue weighted by Crippen LogP contribution is -2.42. The van der Waals surface area contributed by atoms with E-state index in [2.05, 4.69) is 49.3 Å². The highest BCUT2D eigenvalue weighted by molar-refractivity contribution is 7.18. The van der Waals surface area contributed by atoms with Gasteiger partial charge < -0.3 is 15.5 Å². The molecule has 1 aliphatic carbocycles. The summed E-state index contributed by atoms with van der Waals surface area (Å²) in [5.74, 6) is 0.946. The standard InChI is InChI=1S/C35H52N4O3S/c1-7-12-33(41)37-30(21-34-38-29-18-17-28(24(2)3)20-32(29)43-34)31(40)16-11-15-27(19-26-13-9-8-10-14-26)22-36-35(42)25(4)23-39(5)6/h11,15,17-18,20,24,26-27,30H,4,7-10,12-14,16,19,21-23H2,1-3,5-6H3,(H,36,42)(H,37,41)/b15-11+/t27?,30-/m0/s1. The summed E-state index contributed by atoms with van der Waals surface area (Å²) in [4.78, 5) is 45.4. The van der Waals surface area contributed by atoms with E-state index in [0.29, 0.717) is 43.3 Å². The number of nitrogens with zero attached hydrogens (tertiary/aromatic N) is 2. The summed E-state index contributed by atoms with van der Waals surface area (Å²) in [7, 11) is 3.84. The number of thiazole rings is 1. The number of likely N-dealkylation sites (N-methyl/N-ethyl adjacent to an activating group) is 1. The molecular weight excluding hydrogens is 556 g/mol. The zero-order valence-corrected chi connectivity index (χ0v) is 27.7. The second-order valence-electron chi connectivity index (χ2n) is 12.7. The highest BCUT2D eigenvalue weighted by Crippen LogP contribution is 2.30. The molecule has 0 spiro atoms. The Morgan fingerprint density at radius 1 is 1.16 bits per heavy atom. The number of hydrogen-bond acceptors (Lipinski definition) is 6. The van der Waals surface area contributed by atoms with Crippen molar-refractivity contribution in [3.63, 3.8) is 0 Å². The third-order valence-electron chi connectivity index (χ3n) is 8.14. The fraction of sp³-hybridized carbons (Fsp3) is 0.600. The third kappa shape index (κ3) is 11.6. The molecule has 3 rings (SSSR count). The molecule has 7 nitrogen and oxygen atoms in total. The first-order chi connectivity index (χ1) is 20.5. The Hall–Kier alpha value is -2.84. The van der Waals surface area contributed by atoms with Crippen LogP contribution in [0.2, 0.25) is 0 Å². The molecule has 43 heavy (non-hydrogen) atoms. The monoisotopic (exact) mass is 608 g/mol. The predicted molar refractivity (Wildman–Crippen MR) is 178 cm³/mol. The second kappa shape index (κ2) is 17.5. The van der Waals surface area contributed by atoms with Gasteiger partial charge in [-0.1, -0.05) is 77.7 Å². The topological polar surface area (TPSA) is 91.4 Å². The molecule has 236 valence electrons. The minimum Gasteiger partial charge on any atom is -0.352 e. The van der Waals surface area contributed by atoms with Crippen molar-refractivity contribution < 1.29 is 14.4 Å². The molecule has 2 N–H and O–H groups in total. The quantitative estimate of drug-likeness (QED) is 0.156. The third-order valence-corrected chi connectivity index (χ3v) is 9.18. The van der Waals surface area contributed by atoms with Gasteiger partial charge in [-0.15, -0.1) is 11.3 Å². The average molecular weight is 609 g/mol. The van der Waals surface area contributed by atoms with Crippen molar-refractivity contribution in [3.05, 3.63) is 53.1 Å². The lowest BCUT2D eigenvalue weighted by atomic mass is 9.82. The van der Waals surface area contributed by atoms with Gasteiger partial charge in [-0.05, 0) is 62.4 Å². The van der Waals surface area contributed by atoms with E-state index < -0.39 is 6.04 Å². The van der Waals surface area contributed by atoms with Crippen molar-refractivity contribution in [3.8, 4) is 0 Å². The number of hydrogen-bond donors (Lipinski definition) is 2. The molecule has 0 radical (unpaired) electrons. The molecule has 2 amide bonds. The van der Waals surface area contributed by atoms with Crippen LogP contribution in [0.15, 0.2) is 42.5 Å². The van der Waals surface area contributed by atoms with Crippen LogP contribution in [0.25, 0.3) is 10.2 Å². The Bertz CT molecular complexity index is 1260. The molecule has 8 heteroatoms. The first-order valence-electron chi connectivity index (χ1n) is 16.0. The maximum Gasteiger partial charge on any atom is 0.247 e. The Labute approximate surface area is 262 Å². The smallest absolute Gasteiger partial charge is 0.247 e. The van der Waals surface area contributed by atoms with Crippen molar-refractivity contribution in [2.45, 2.75) is 96.9 Å². The summed E-state index contributed by atoms with van der Waals surface area (Å²) in [6.07, 6.45) is 13.0. The highest BCUT2D eigenvalue weighted by atomic mass is 32.1. The van der Waals surface area contributed by atoms with E-state index >= 15 is 0 Å². The number of rotatable bonds is 17. The number of nitrogens with one attached hydrogen (secondary N) is 2. The van der Waals surface area contributed by atoms with Crippen molar-refractivity contribution in [2.24, 2.45) is 11.8 Å². The summed E-state index contributed by atoms with van der Waals surface area (Å²) >= 11 is 1.60. The lowest BCUT2D eigenvalue weighted by molar-refractivity contribution is -0.127. The number of fused-ring (bicyclic) bond motifs is 1. The summed E-state index contributed by atoms with van der Waals surface area (Å²) in [5.41, 5.74) is 2.73. The zero-order chi connectivity index (χ0) is 31.4. The van der Waals surface area contributed by atoms with Gasteiger partial charge in [-0.25, -0.2) is 4.98 Å². The fourth-order valence-corrected chi connectivity index (χ4v) is 6.81. The summed E-state index contributed by atoms with van der Waals surface area (Å²) in [6, 6.07) is 5.70. The van der Waals surface area contributed by atoms with E-state index in [0.717, 1.165) is 28.1 Å². The van der Waals surface area contributed by atoms with E-state index in [1.54, 1.807) is 11.3 Å². The summed E-state index contributed by atoms with van der Waals surface area (Å²) in [6.45, 7) is 11.3. The van der Waals surface area contributed by atoms with Crippen molar-refractivity contribution in [1.29, 1.82) is 0 Å². The molecule has 2 aromatic rings. The number of aromatic nitrogens is 1. The van der Waals surface area contributed by atoms with Crippen LogP contribution in [-0.4, -0.2) is 60.7 Å². The maximum atomic E-state index is 13.5. The van der Waals surface area contributed by atoms with E-state index in [1.807, 2.05) is 38.1 Å². The maximum absolute atomic E-state index is 13.5. The Morgan fingerprint density at radius 3 is 2.58 bits per heavy atom. The van der Waals surface area contributed by atoms with Crippen molar-refractivity contribution >= 4 is 39.2 Å². The SMILES string of the molecule is C=C(CN(C)C)C(=O)NCC(/C=C/CC(=O)[C@H](Cc1nc2ccc(C(C)C)cc2s1)NC(=O)CCC)CC1CCCCC1. The van der Waals surface area contributed by atoms with Crippen LogP contribution in [0.5, 0.6) is 0 Å². The van der Waals surface area contributed by atoms with Crippen LogP contribution in [0.3, 0.4) is 0 Å². The van der Waals surface area contributed by atoms with Crippen LogP contribution in [0, 0.1) is 11.8 Å². The Morgan fingerprint density at radius 2 is 1.91 bits per heavy atom. The van der Waals surface area contributed by atoms with Gasteiger partial charge >= 0.3 is 0 Å². The number of allylic oxidation sites excluding steroid dienone is 1. The fourth-order valence-electron chi connectivity index (χ4n) is 5.75. The van der Waals surface area contributed by atoms with E-state index in [4.69, 9.17) is 4.98 Å². The molecule has 2 atom stereocenters. The molecule has 1 fully saturated rings. The molecular formula is C35H52N4O3S. The summed E-state index contributed by atoms with van der Waals surface area (Å²) in [5, 5.41) is 6.91. The molecule has 1 saturated carbocycles. The Balaban J connectivity index is 1.69. The van der Waals surface area contributed by atoms with E-state index in [9.17, 15) is 14.4 Å². The molecule has 0 bridgehead atoms. The molecule has 1 aromatic heterocycles. The highest BCUT2D eigenvalue weighted by Gasteiger charge is 2.23. The van der Waals surface area contributed by atoms with Crippen molar-refractivity contribution in [2.75, 3.05) is 27.2 Å². The van der Waals surface area contributed by atoms with Gasteiger partial charge in [-0.3, -0.25) is 14.4 Å². The first-order valence-corrected chi connectivity index (χ1v) is 16.9. The number of amides is 2. The second-order valence-corrected chi connectivity index (χ2v) is 13.8. The first kappa shape index (κ1) is 34.6. The number of benzene rings is 1. The molecule has 1 unspecified atom stereocenters. The average Bonchev–Trinajstić information content (AvgIpc) is 3.37. The number of ketones is 1. The van der Waals surface area contributed by atoms with Crippen molar-refractivity contribution in [1.82, 2.24) is 20.5 Å². The number of carbonyl (C=O) groups excluding carboxylic acids is 3. The molecule has 0 saturated heterocycles. The molecule has 1 aliphatic rings. The van der Waals surface area contributed by atoms with E-state index in [1.165, 1.54) is 37.7 Å². The largest absolute Gasteiger partial charge is 0.352 e. The molecule has 0 aliphatic heterocycles. The van der Waals surface area contributed by atoms with Gasteiger partial charge in [0.05, 0.1) is 21.3 Å². The van der Waals surface area contributed by atoms with E-state index in [-0.39, 0.29) is 29.9 Å². The van der Waals surface area contributed by atoms with Crippen LogP contribution in [0.1, 0.15) is 95.0 Å². The molecule has 1 heterocycles. The minimum absolute atomic E-state index is 0.0253. The van der Waals surface area contributed by atoms with Gasteiger partial charge in [0.2, 0.25) is 11.8 Å². The van der Waals surface area contributed by atoms with Gasteiger partial charge in [0, 0.05) is 37.9 Å². The molecule has 1 aromatic carbocycles. The van der Waals surface area contributed by atoms with Gasteiger partial charge in [-0.2, -0.15) is 0 Å².